The van der Waals surface area contributed by atoms with Crippen LogP contribution in [0.5, 0.6) is 5.75 Å². The molecule has 0 radical (unpaired) electrons. The largest absolute Gasteiger partial charge is 0.494 e. The van der Waals surface area contributed by atoms with Gasteiger partial charge in [-0.3, -0.25) is 0 Å². The Bertz CT molecular complexity index is 483. The van der Waals surface area contributed by atoms with Gasteiger partial charge < -0.3 is 9.47 Å². The minimum Gasteiger partial charge on any atom is -0.494 e. The third-order valence-corrected chi connectivity index (χ3v) is 2.78. The molecule has 18 heavy (non-hydrogen) atoms. The lowest BCUT2D eigenvalue weighted by molar-refractivity contribution is -0.134. The summed E-state index contributed by atoms with van der Waals surface area (Å²) in [6, 6.07) is 7.50. The second-order valence-electron chi connectivity index (χ2n) is 4.00. The molecule has 0 unspecified atom stereocenters. The molecule has 0 aliphatic carbocycles. The van der Waals surface area contributed by atoms with Crippen molar-refractivity contribution in [2.75, 3.05) is 13.2 Å². The van der Waals surface area contributed by atoms with Gasteiger partial charge in [0, 0.05) is 0 Å². The lowest BCUT2D eigenvalue weighted by Crippen LogP contribution is -1.99. The van der Waals surface area contributed by atoms with Crippen LogP contribution in [0.3, 0.4) is 0 Å². The third-order valence-electron chi connectivity index (χ3n) is 2.78. The van der Waals surface area contributed by atoms with E-state index in [0.29, 0.717) is 25.2 Å². The predicted molar refractivity (Wildman–Crippen MR) is 70.3 cm³/mol. The van der Waals surface area contributed by atoms with Gasteiger partial charge in [0.15, 0.2) is 0 Å². The molecule has 0 fully saturated rings. The molecule has 94 valence electrons. The molecule has 1 aromatic carbocycles. The molecule has 0 bridgehead atoms. The molecular formula is C15H16O3. The molecule has 0 atom stereocenters. The highest BCUT2D eigenvalue weighted by atomic mass is 16.5. The van der Waals surface area contributed by atoms with Gasteiger partial charge >= 0.3 is 5.97 Å². The summed E-state index contributed by atoms with van der Waals surface area (Å²) in [6.45, 7) is 6.63. The van der Waals surface area contributed by atoms with Crippen LogP contribution in [0.15, 0.2) is 42.5 Å². The van der Waals surface area contributed by atoms with Gasteiger partial charge in [0.05, 0.1) is 12.2 Å². The van der Waals surface area contributed by atoms with Crippen molar-refractivity contribution in [1.82, 2.24) is 0 Å². The monoisotopic (exact) mass is 244 g/mol. The number of esters is 1. The highest BCUT2D eigenvalue weighted by Gasteiger charge is 2.25. The number of cyclic esters (lactones) is 1. The van der Waals surface area contributed by atoms with E-state index >= 15 is 0 Å². The predicted octanol–water partition coefficient (Wildman–Crippen LogP) is 2.97. The first-order chi connectivity index (χ1) is 8.76. The number of rotatable bonds is 5. The highest BCUT2D eigenvalue weighted by molar-refractivity contribution is 6.19. The third kappa shape index (κ3) is 2.45. The number of hydrogen-bond donors (Lipinski definition) is 0. The molecule has 0 spiro atoms. The highest BCUT2D eigenvalue weighted by Crippen LogP contribution is 2.29. The van der Waals surface area contributed by atoms with Crippen molar-refractivity contribution in [3.8, 4) is 5.75 Å². The van der Waals surface area contributed by atoms with E-state index < -0.39 is 0 Å². The van der Waals surface area contributed by atoms with Crippen LogP contribution in [-0.4, -0.2) is 19.2 Å². The van der Waals surface area contributed by atoms with Crippen molar-refractivity contribution in [3.63, 3.8) is 0 Å². The van der Waals surface area contributed by atoms with Gasteiger partial charge in [0.2, 0.25) is 0 Å². The zero-order chi connectivity index (χ0) is 13.0. The molecule has 0 aromatic heterocycles. The van der Waals surface area contributed by atoms with Crippen LogP contribution >= 0.6 is 0 Å². The van der Waals surface area contributed by atoms with E-state index in [1.165, 1.54) is 0 Å². The summed E-state index contributed by atoms with van der Waals surface area (Å²) >= 11 is 0. The molecule has 3 nitrogen and oxygen atoms in total. The maximum atomic E-state index is 11.7. The molecule has 1 aromatic rings. The second kappa shape index (κ2) is 5.54. The van der Waals surface area contributed by atoms with Gasteiger partial charge in [-0.2, -0.15) is 0 Å². The SMILES string of the molecule is C=CCC1=C(c2ccc(OCC)cc2)C(=O)OC1. The standard InChI is InChI=1S/C15H16O3/c1-3-5-12-10-18-15(16)14(12)11-6-8-13(9-7-11)17-4-2/h3,6-9H,1,4-5,10H2,2H3. The van der Waals surface area contributed by atoms with E-state index in [4.69, 9.17) is 9.47 Å². The van der Waals surface area contributed by atoms with E-state index in [1.807, 2.05) is 31.2 Å². The Kier molecular flexibility index (Phi) is 3.82. The van der Waals surface area contributed by atoms with E-state index in [9.17, 15) is 4.79 Å². The smallest absolute Gasteiger partial charge is 0.339 e. The van der Waals surface area contributed by atoms with Crippen molar-refractivity contribution in [2.24, 2.45) is 0 Å². The van der Waals surface area contributed by atoms with Crippen molar-refractivity contribution in [2.45, 2.75) is 13.3 Å². The zero-order valence-corrected chi connectivity index (χ0v) is 10.4. The van der Waals surface area contributed by atoms with E-state index in [1.54, 1.807) is 6.08 Å². The lowest BCUT2D eigenvalue weighted by atomic mass is 10.00. The number of allylic oxidation sites excluding steroid dienone is 1. The Hall–Kier alpha value is -2.03. The Morgan fingerprint density at radius 2 is 2.11 bits per heavy atom. The van der Waals surface area contributed by atoms with Gasteiger partial charge in [0.1, 0.15) is 12.4 Å². The molecule has 2 rings (SSSR count). The second-order valence-corrected chi connectivity index (χ2v) is 4.00. The van der Waals surface area contributed by atoms with Crippen LogP contribution < -0.4 is 4.74 Å². The van der Waals surface area contributed by atoms with Gasteiger partial charge in [-0.25, -0.2) is 4.79 Å². The number of carbonyl (C=O) groups is 1. The summed E-state index contributed by atoms with van der Waals surface area (Å²) in [4.78, 5) is 11.7. The molecule has 1 aliphatic rings. The molecule has 0 saturated carbocycles. The average molecular weight is 244 g/mol. The fourth-order valence-corrected chi connectivity index (χ4v) is 1.98. The summed E-state index contributed by atoms with van der Waals surface area (Å²) in [5.41, 5.74) is 2.52. The number of hydrogen-bond acceptors (Lipinski definition) is 3. The molecule has 1 aliphatic heterocycles. The van der Waals surface area contributed by atoms with Gasteiger partial charge in [-0.05, 0) is 36.6 Å². The Balaban J connectivity index is 2.31. The quantitative estimate of drug-likeness (QED) is 0.590. The van der Waals surface area contributed by atoms with Crippen LogP contribution in [0.2, 0.25) is 0 Å². The van der Waals surface area contributed by atoms with E-state index in [-0.39, 0.29) is 5.97 Å². The first-order valence-electron chi connectivity index (χ1n) is 5.99. The van der Waals surface area contributed by atoms with Crippen molar-refractivity contribution in [3.05, 3.63) is 48.1 Å². The van der Waals surface area contributed by atoms with Crippen LogP contribution in [0.1, 0.15) is 18.9 Å². The first kappa shape index (κ1) is 12.4. The molecular weight excluding hydrogens is 228 g/mol. The van der Waals surface area contributed by atoms with Gasteiger partial charge in [0.25, 0.3) is 0 Å². The van der Waals surface area contributed by atoms with E-state index in [2.05, 4.69) is 6.58 Å². The first-order valence-corrected chi connectivity index (χ1v) is 5.99. The Morgan fingerprint density at radius 1 is 1.39 bits per heavy atom. The molecule has 0 amide bonds. The maximum absolute atomic E-state index is 11.7. The summed E-state index contributed by atoms with van der Waals surface area (Å²) in [6.07, 6.45) is 2.46. The van der Waals surface area contributed by atoms with Crippen molar-refractivity contribution in [1.29, 1.82) is 0 Å². The van der Waals surface area contributed by atoms with Crippen LogP contribution in [0.4, 0.5) is 0 Å². The molecule has 1 heterocycles. The normalized spacial score (nSPS) is 14.6. The summed E-state index contributed by atoms with van der Waals surface area (Å²) < 4.78 is 10.4. The summed E-state index contributed by atoms with van der Waals surface area (Å²) in [5.74, 6) is 0.550. The minimum absolute atomic E-state index is 0.254. The van der Waals surface area contributed by atoms with Gasteiger partial charge in [-0.15, -0.1) is 6.58 Å². The van der Waals surface area contributed by atoms with Crippen LogP contribution in [0, 0.1) is 0 Å². The van der Waals surface area contributed by atoms with Crippen molar-refractivity contribution >= 4 is 11.5 Å². The maximum Gasteiger partial charge on any atom is 0.339 e. The number of benzene rings is 1. The molecule has 0 N–H and O–H groups in total. The topological polar surface area (TPSA) is 35.5 Å². The Morgan fingerprint density at radius 3 is 2.72 bits per heavy atom. The average Bonchev–Trinajstić information content (AvgIpc) is 2.73. The van der Waals surface area contributed by atoms with Crippen LogP contribution in [0.25, 0.3) is 5.57 Å². The minimum atomic E-state index is -0.254. The van der Waals surface area contributed by atoms with Crippen LogP contribution in [-0.2, 0) is 9.53 Å². The van der Waals surface area contributed by atoms with Crippen molar-refractivity contribution < 1.29 is 14.3 Å². The molecule has 0 saturated heterocycles. The zero-order valence-electron chi connectivity index (χ0n) is 10.4. The fraction of sp³-hybridized carbons (Fsp3) is 0.267. The Labute approximate surface area is 107 Å². The lowest BCUT2D eigenvalue weighted by Gasteiger charge is -2.05. The van der Waals surface area contributed by atoms with Gasteiger partial charge in [-0.1, -0.05) is 18.2 Å². The number of carbonyl (C=O) groups excluding carboxylic acids is 1. The molecule has 3 heteroatoms. The summed E-state index contributed by atoms with van der Waals surface area (Å²) in [5, 5.41) is 0. The summed E-state index contributed by atoms with van der Waals surface area (Å²) in [7, 11) is 0. The number of ether oxygens (including phenoxy) is 2. The van der Waals surface area contributed by atoms with E-state index in [0.717, 1.165) is 16.9 Å². The fourth-order valence-electron chi connectivity index (χ4n) is 1.98.